The maximum Gasteiger partial charge on any atom is 0.0513 e. The molecule has 1 aliphatic carbocycles. The number of hydrogen-bond acceptors (Lipinski definition) is 2. The van der Waals surface area contributed by atoms with Gasteiger partial charge in [0.25, 0.3) is 0 Å². The van der Waals surface area contributed by atoms with Gasteiger partial charge in [-0.25, -0.2) is 0 Å². The molecule has 3 heteroatoms. The van der Waals surface area contributed by atoms with Crippen molar-refractivity contribution in [3.05, 3.63) is 28.2 Å². The van der Waals surface area contributed by atoms with Gasteiger partial charge >= 0.3 is 0 Å². The van der Waals surface area contributed by atoms with Gasteiger partial charge in [-0.1, -0.05) is 18.9 Å². The smallest absolute Gasteiger partial charge is 0.0513 e. The molecule has 0 amide bonds. The van der Waals surface area contributed by atoms with Crippen LogP contribution in [0.15, 0.2) is 22.7 Å². The van der Waals surface area contributed by atoms with Crippen LogP contribution in [-0.4, -0.2) is 19.6 Å². The van der Waals surface area contributed by atoms with Gasteiger partial charge in [-0.3, -0.25) is 0 Å². The summed E-state index contributed by atoms with van der Waals surface area (Å²) in [6.45, 7) is 2.16. The molecule has 2 nitrogen and oxygen atoms in total. The van der Waals surface area contributed by atoms with E-state index in [9.17, 15) is 0 Å². The highest BCUT2D eigenvalue weighted by atomic mass is 79.9. The molecule has 1 N–H and O–H groups in total. The molecule has 0 bridgehead atoms. The molecule has 0 aromatic heterocycles. The molecule has 1 aliphatic heterocycles. The van der Waals surface area contributed by atoms with E-state index in [-0.39, 0.29) is 0 Å². The van der Waals surface area contributed by atoms with Crippen LogP contribution in [0.3, 0.4) is 0 Å². The van der Waals surface area contributed by atoms with Crippen molar-refractivity contribution in [2.24, 2.45) is 5.92 Å². The monoisotopic (exact) mass is 336 g/mol. The number of nitrogens with one attached hydrogen (secondary N) is 1. The predicted molar refractivity (Wildman–Crippen MR) is 89.2 cm³/mol. The minimum Gasteiger partial charge on any atom is -0.367 e. The summed E-state index contributed by atoms with van der Waals surface area (Å²) in [4.78, 5) is 2.68. The highest BCUT2D eigenvalue weighted by molar-refractivity contribution is 9.10. The molecule has 1 saturated carbocycles. The molecule has 1 saturated heterocycles. The molecule has 3 rings (SSSR count). The average Bonchev–Trinajstić information content (AvgIpc) is 2.47. The van der Waals surface area contributed by atoms with E-state index in [1.807, 2.05) is 7.05 Å². The summed E-state index contributed by atoms with van der Waals surface area (Å²) in [5, 5.41) is 3.22. The van der Waals surface area contributed by atoms with Gasteiger partial charge in [-0.05, 0) is 72.3 Å². The Hall–Kier alpha value is -0.540. The fourth-order valence-electron chi connectivity index (χ4n) is 4.02. The Morgan fingerprint density at radius 2 is 2.00 bits per heavy atom. The highest BCUT2D eigenvalue weighted by Gasteiger charge is 2.33. The molecule has 0 unspecified atom stereocenters. The summed E-state index contributed by atoms with van der Waals surface area (Å²) in [6, 6.07) is 7.64. The third-order valence-corrected chi connectivity index (χ3v) is 5.58. The average molecular weight is 337 g/mol. The van der Waals surface area contributed by atoms with Crippen LogP contribution < -0.4 is 10.2 Å². The first-order valence-electron chi connectivity index (χ1n) is 7.99. The summed E-state index contributed by atoms with van der Waals surface area (Å²) in [6.07, 6.45) is 8.47. The van der Waals surface area contributed by atoms with Crippen LogP contribution >= 0.6 is 15.9 Å². The first kappa shape index (κ1) is 14.4. The Balaban J connectivity index is 1.83. The minimum atomic E-state index is 0.781. The van der Waals surface area contributed by atoms with Gasteiger partial charge in [0, 0.05) is 23.6 Å². The second-order valence-corrected chi connectivity index (χ2v) is 7.12. The van der Waals surface area contributed by atoms with Crippen LogP contribution in [0.25, 0.3) is 0 Å². The normalized spacial score (nSPS) is 26.4. The van der Waals surface area contributed by atoms with Crippen LogP contribution in [0.2, 0.25) is 0 Å². The number of piperidine rings is 1. The molecular weight excluding hydrogens is 312 g/mol. The molecule has 20 heavy (non-hydrogen) atoms. The van der Waals surface area contributed by atoms with Gasteiger partial charge in [0.15, 0.2) is 0 Å². The summed E-state index contributed by atoms with van der Waals surface area (Å²) < 4.78 is 1.26. The van der Waals surface area contributed by atoms with Crippen molar-refractivity contribution in [1.29, 1.82) is 0 Å². The zero-order valence-electron chi connectivity index (χ0n) is 12.4. The number of halogens is 1. The lowest BCUT2D eigenvalue weighted by Crippen LogP contribution is -2.47. The van der Waals surface area contributed by atoms with Gasteiger partial charge in [-0.2, -0.15) is 0 Å². The number of rotatable bonds is 3. The Morgan fingerprint density at radius 3 is 2.80 bits per heavy atom. The van der Waals surface area contributed by atoms with Crippen molar-refractivity contribution >= 4 is 21.6 Å². The van der Waals surface area contributed by atoms with E-state index in [4.69, 9.17) is 0 Å². The number of anilines is 1. The summed E-state index contributed by atoms with van der Waals surface area (Å²) in [5.41, 5.74) is 2.75. The lowest BCUT2D eigenvalue weighted by molar-refractivity contribution is 0.243. The van der Waals surface area contributed by atoms with Crippen molar-refractivity contribution < 1.29 is 0 Å². The summed E-state index contributed by atoms with van der Waals surface area (Å²) in [7, 11) is 2.00. The molecule has 1 aromatic carbocycles. The van der Waals surface area contributed by atoms with Crippen molar-refractivity contribution in [2.45, 2.75) is 51.1 Å². The zero-order valence-corrected chi connectivity index (χ0v) is 14.0. The Morgan fingerprint density at radius 1 is 1.20 bits per heavy atom. The maximum atomic E-state index is 3.80. The number of benzene rings is 1. The first-order chi connectivity index (χ1) is 9.79. The van der Waals surface area contributed by atoms with Crippen molar-refractivity contribution in [3.8, 4) is 0 Å². The fraction of sp³-hybridized carbons (Fsp3) is 0.647. The van der Waals surface area contributed by atoms with Crippen molar-refractivity contribution in [3.63, 3.8) is 0 Å². The third-order valence-electron chi connectivity index (χ3n) is 4.95. The first-order valence-corrected chi connectivity index (χ1v) is 8.78. The SMILES string of the molecule is CNCc1ccc(N2CCC[C@H]3CCCC[C@H]32)c(Br)c1. The second-order valence-electron chi connectivity index (χ2n) is 6.26. The molecule has 1 aromatic rings. The molecule has 1 heterocycles. The predicted octanol–water partition coefficient (Wildman–Crippen LogP) is 4.33. The van der Waals surface area contributed by atoms with E-state index in [1.165, 1.54) is 60.8 Å². The van der Waals surface area contributed by atoms with Gasteiger partial charge in [0.05, 0.1) is 5.69 Å². The molecule has 2 atom stereocenters. The van der Waals surface area contributed by atoms with E-state index in [2.05, 4.69) is 44.3 Å². The van der Waals surface area contributed by atoms with E-state index < -0.39 is 0 Å². The second kappa shape index (κ2) is 6.48. The molecule has 0 radical (unpaired) electrons. The largest absolute Gasteiger partial charge is 0.367 e. The Labute approximate surface area is 131 Å². The van der Waals surface area contributed by atoms with E-state index in [0.717, 1.165) is 18.5 Å². The van der Waals surface area contributed by atoms with Gasteiger partial charge in [0.1, 0.15) is 0 Å². The molecule has 2 fully saturated rings. The zero-order chi connectivity index (χ0) is 13.9. The van der Waals surface area contributed by atoms with Crippen molar-refractivity contribution in [2.75, 3.05) is 18.5 Å². The minimum absolute atomic E-state index is 0.781. The highest BCUT2D eigenvalue weighted by Crippen LogP contribution is 2.40. The van der Waals surface area contributed by atoms with E-state index >= 15 is 0 Å². The molecular formula is C17H25BrN2. The van der Waals surface area contributed by atoms with Crippen LogP contribution in [-0.2, 0) is 6.54 Å². The van der Waals surface area contributed by atoms with Gasteiger partial charge in [-0.15, -0.1) is 0 Å². The van der Waals surface area contributed by atoms with E-state index in [0.29, 0.717) is 0 Å². The van der Waals surface area contributed by atoms with Crippen LogP contribution in [0.5, 0.6) is 0 Å². The number of fused-ring (bicyclic) bond motifs is 1. The standard InChI is InChI=1S/C17H25BrN2/c1-19-12-13-8-9-17(15(18)11-13)20-10-4-6-14-5-2-3-7-16(14)20/h8-9,11,14,16,19H,2-7,10,12H2,1H3/t14-,16-/m1/s1. The lowest BCUT2D eigenvalue weighted by atomic mass is 9.78. The number of nitrogens with zero attached hydrogens (tertiary/aromatic N) is 1. The number of hydrogen-bond donors (Lipinski definition) is 1. The summed E-state index contributed by atoms with van der Waals surface area (Å²) >= 11 is 3.80. The molecule has 0 spiro atoms. The van der Waals surface area contributed by atoms with Crippen LogP contribution in [0.1, 0.15) is 44.1 Å². The van der Waals surface area contributed by atoms with Gasteiger partial charge < -0.3 is 10.2 Å². The van der Waals surface area contributed by atoms with Crippen molar-refractivity contribution in [1.82, 2.24) is 5.32 Å². The van der Waals surface area contributed by atoms with Crippen LogP contribution in [0, 0.1) is 5.92 Å². The third kappa shape index (κ3) is 2.89. The maximum absolute atomic E-state index is 3.80. The van der Waals surface area contributed by atoms with Crippen LogP contribution in [0.4, 0.5) is 5.69 Å². The summed E-state index contributed by atoms with van der Waals surface area (Å²) in [5.74, 6) is 0.932. The quantitative estimate of drug-likeness (QED) is 0.883. The Bertz CT molecular complexity index is 458. The lowest BCUT2D eigenvalue weighted by Gasteiger charge is -2.45. The Kier molecular flexibility index (Phi) is 4.67. The topological polar surface area (TPSA) is 15.3 Å². The fourth-order valence-corrected chi connectivity index (χ4v) is 4.68. The van der Waals surface area contributed by atoms with Gasteiger partial charge in [0.2, 0.25) is 0 Å². The van der Waals surface area contributed by atoms with E-state index in [1.54, 1.807) is 0 Å². The molecule has 2 aliphatic rings. The molecule has 110 valence electrons.